The molecular formula is C22H22N4O3. The maximum atomic E-state index is 12.4. The highest BCUT2D eigenvalue weighted by atomic mass is 16.5. The maximum Gasteiger partial charge on any atom is 0.225 e. The average Bonchev–Trinajstić information content (AvgIpc) is 3.23. The van der Waals surface area contributed by atoms with E-state index in [0.717, 1.165) is 16.9 Å². The van der Waals surface area contributed by atoms with Gasteiger partial charge in [-0.1, -0.05) is 25.1 Å². The van der Waals surface area contributed by atoms with Gasteiger partial charge in [-0.2, -0.15) is 5.10 Å². The van der Waals surface area contributed by atoms with E-state index in [-0.39, 0.29) is 17.7 Å². The first-order chi connectivity index (χ1) is 14.1. The average molecular weight is 390 g/mol. The SMILES string of the molecule is CCC(=O)Nc1cc2c(cc1OC)NC(=O)CC2c1ccnn1-c1ccccc1. The van der Waals surface area contributed by atoms with Gasteiger partial charge in [0.15, 0.2) is 0 Å². The summed E-state index contributed by atoms with van der Waals surface area (Å²) >= 11 is 0. The molecule has 0 spiro atoms. The van der Waals surface area contributed by atoms with Crippen LogP contribution in [0.15, 0.2) is 54.7 Å². The molecule has 0 aliphatic carbocycles. The van der Waals surface area contributed by atoms with E-state index in [2.05, 4.69) is 15.7 Å². The zero-order chi connectivity index (χ0) is 20.4. The molecule has 2 aromatic carbocycles. The molecule has 4 rings (SSSR count). The van der Waals surface area contributed by atoms with Gasteiger partial charge >= 0.3 is 0 Å². The lowest BCUT2D eigenvalue weighted by molar-refractivity contribution is -0.117. The van der Waals surface area contributed by atoms with E-state index in [1.807, 2.05) is 47.1 Å². The van der Waals surface area contributed by atoms with E-state index >= 15 is 0 Å². The van der Waals surface area contributed by atoms with Crippen LogP contribution in [0.2, 0.25) is 0 Å². The van der Waals surface area contributed by atoms with Crippen molar-refractivity contribution in [2.45, 2.75) is 25.7 Å². The number of ether oxygens (including phenoxy) is 1. The number of nitrogens with zero attached hydrogens (tertiary/aromatic N) is 2. The first-order valence-corrected chi connectivity index (χ1v) is 9.51. The molecule has 29 heavy (non-hydrogen) atoms. The number of carbonyl (C=O) groups is 2. The van der Waals surface area contributed by atoms with E-state index in [4.69, 9.17) is 4.74 Å². The minimum atomic E-state index is -0.204. The third kappa shape index (κ3) is 3.59. The summed E-state index contributed by atoms with van der Waals surface area (Å²) in [6.45, 7) is 1.79. The quantitative estimate of drug-likeness (QED) is 0.696. The number of aromatic nitrogens is 2. The van der Waals surface area contributed by atoms with Gasteiger partial charge in [0.25, 0.3) is 0 Å². The molecule has 7 heteroatoms. The zero-order valence-electron chi connectivity index (χ0n) is 16.3. The first-order valence-electron chi connectivity index (χ1n) is 9.51. The molecule has 1 unspecified atom stereocenters. The zero-order valence-corrected chi connectivity index (χ0v) is 16.3. The van der Waals surface area contributed by atoms with Crippen LogP contribution >= 0.6 is 0 Å². The van der Waals surface area contributed by atoms with Gasteiger partial charge in [-0.15, -0.1) is 0 Å². The number of fused-ring (bicyclic) bond motifs is 1. The van der Waals surface area contributed by atoms with E-state index in [1.165, 1.54) is 7.11 Å². The summed E-state index contributed by atoms with van der Waals surface area (Å²) in [7, 11) is 1.54. The van der Waals surface area contributed by atoms with Crippen LogP contribution in [-0.4, -0.2) is 28.7 Å². The van der Waals surface area contributed by atoms with Crippen molar-refractivity contribution in [2.75, 3.05) is 17.7 Å². The number of carbonyl (C=O) groups excluding carboxylic acids is 2. The second-order valence-electron chi connectivity index (χ2n) is 6.85. The molecule has 1 atom stereocenters. The fraction of sp³-hybridized carbons (Fsp3) is 0.227. The van der Waals surface area contributed by atoms with Crippen molar-refractivity contribution in [1.82, 2.24) is 9.78 Å². The van der Waals surface area contributed by atoms with Crippen molar-refractivity contribution >= 4 is 23.2 Å². The highest BCUT2D eigenvalue weighted by Gasteiger charge is 2.30. The standard InChI is InChI=1S/C22H22N4O3/c1-3-21(27)25-18-11-15-16(12-22(28)24-17(15)13-20(18)29-2)19-9-10-23-26(19)14-7-5-4-6-8-14/h4-11,13,16H,3,12H2,1-2H3,(H,24,28)(H,25,27). The number of rotatable bonds is 5. The Morgan fingerprint density at radius 2 is 2.07 bits per heavy atom. The van der Waals surface area contributed by atoms with Crippen LogP contribution < -0.4 is 15.4 Å². The smallest absolute Gasteiger partial charge is 0.225 e. The van der Waals surface area contributed by atoms with Gasteiger partial charge in [0, 0.05) is 36.7 Å². The predicted molar refractivity (Wildman–Crippen MR) is 111 cm³/mol. The molecule has 0 saturated carbocycles. The van der Waals surface area contributed by atoms with Gasteiger partial charge in [0.1, 0.15) is 5.75 Å². The van der Waals surface area contributed by atoms with Gasteiger partial charge < -0.3 is 15.4 Å². The molecule has 2 amide bonds. The Morgan fingerprint density at radius 1 is 1.28 bits per heavy atom. The van der Waals surface area contributed by atoms with Crippen LogP contribution in [0, 0.1) is 0 Å². The van der Waals surface area contributed by atoms with Crippen LogP contribution in [0.1, 0.15) is 36.9 Å². The van der Waals surface area contributed by atoms with Crippen LogP contribution in [0.5, 0.6) is 5.75 Å². The van der Waals surface area contributed by atoms with Crippen molar-refractivity contribution in [3.63, 3.8) is 0 Å². The van der Waals surface area contributed by atoms with Crippen molar-refractivity contribution < 1.29 is 14.3 Å². The minimum Gasteiger partial charge on any atom is -0.494 e. The highest BCUT2D eigenvalue weighted by molar-refractivity contribution is 5.98. The van der Waals surface area contributed by atoms with Gasteiger partial charge in [-0.3, -0.25) is 9.59 Å². The molecule has 7 nitrogen and oxygen atoms in total. The molecule has 1 aliphatic rings. The van der Waals surface area contributed by atoms with E-state index in [9.17, 15) is 9.59 Å². The Hall–Kier alpha value is -3.61. The summed E-state index contributed by atoms with van der Waals surface area (Å²) in [6.07, 6.45) is 2.39. The van der Waals surface area contributed by atoms with Gasteiger partial charge in [-0.25, -0.2) is 4.68 Å². The summed E-state index contributed by atoms with van der Waals surface area (Å²) in [6, 6.07) is 15.4. The largest absolute Gasteiger partial charge is 0.494 e. The number of para-hydroxylation sites is 1. The van der Waals surface area contributed by atoms with Crippen molar-refractivity contribution in [3.8, 4) is 11.4 Å². The van der Waals surface area contributed by atoms with Crippen molar-refractivity contribution in [1.29, 1.82) is 0 Å². The first kappa shape index (κ1) is 18.7. The van der Waals surface area contributed by atoms with Gasteiger partial charge in [-0.05, 0) is 29.8 Å². The number of nitrogens with one attached hydrogen (secondary N) is 2. The highest BCUT2D eigenvalue weighted by Crippen LogP contribution is 2.42. The molecule has 0 saturated heterocycles. The number of methoxy groups -OCH3 is 1. The second-order valence-corrected chi connectivity index (χ2v) is 6.85. The second kappa shape index (κ2) is 7.79. The topological polar surface area (TPSA) is 85.2 Å². The normalized spacial score (nSPS) is 15.4. The lowest BCUT2D eigenvalue weighted by Gasteiger charge is -2.28. The number of hydrogen-bond acceptors (Lipinski definition) is 4. The Kier molecular flexibility index (Phi) is 5.03. The lowest BCUT2D eigenvalue weighted by Crippen LogP contribution is -2.25. The Bertz CT molecular complexity index is 1060. The van der Waals surface area contributed by atoms with Gasteiger partial charge in [0.05, 0.1) is 24.2 Å². The molecule has 3 aromatic rings. The number of amides is 2. The van der Waals surface area contributed by atoms with Crippen molar-refractivity contribution in [2.24, 2.45) is 0 Å². The van der Waals surface area contributed by atoms with E-state index < -0.39 is 0 Å². The Morgan fingerprint density at radius 3 is 2.79 bits per heavy atom. The summed E-state index contributed by atoms with van der Waals surface area (Å²) in [4.78, 5) is 24.4. The number of hydrogen-bond donors (Lipinski definition) is 2. The third-order valence-corrected chi connectivity index (χ3v) is 5.04. The Labute approximate surface area is 168 Å². The summed E-state index contributed by atoms with van der Waals surface area (Å²) in [5.41, 5.74) is 4.01. The fourth-order valence-corrected chi connectivity index (χ4v) is 3.62. The number of benzene rings is 2. The molecule has 0 bridgehead atoms. The van der Waals surface area contributed by atoms with Crippen LogP contribution in [0.3, 0.4) is 0 Å². The predicted octanol–water partition coefficient (Wildman–Crippen LogP) is 3.70. The summed E-state index contributed by atoms with van der Waals surface area (Å²) in [5.74, 6) is 0.123. The maximum absolute atomic E-state index is 12.4. The molecule has 1 aromatic heterocycles. The summed E-state index contributed by atoms with van der Waals surface area (Å²) < 4.78 is 7.28. The molecule has 0 radical (unpaired) electrons. The molecule has 2 heterocycles. The van der Waals surface area contributed by atoms with Crippen LogP contribution in [-0.2, 0) is 9.59 Å². The van der Waals surface area contributed by atoms with E-state index in [1.54, 1.807) is 19.2 Å². The van der Waals surface area contributed by atoms with Crippen LogP contribution in [0.4, 0.5) is 11.4 Å². The minimum absolute atomic E-state index is 0.0734. The fourth-order valence-electron chi connectivity index (χ4n) is 3.62. The third-order valence-electron chi connectivity index (χ3n) is 5.04. The molecular weight excluding hydrogens is 368 g/mol. The van der Waals surface area contributed by atoms with E-state index in [0.29, 0.717) is 30.0 Å². The molecule has 1 aliphatic heterocycles. The molecule has 0 fully saturated rings. The summed E-state index contributed by atoms with van der Waals surface area (Å²) in [5, 5.41) is 10.3. The van der Waals surface area contributed by atoms with Crippen molar-refractivity contribution in [3.05, 3.63) is 66.0 Å². The monoisotopic (exact) mass is 390 g/mol. The Balaban J connectivity index is 1.82. The van der Waals surface area contributed by atoms with Crippen LogP contribution in [0.25, 0.3) is 5.69 Å². The lowest BCUT2D eigenvalue weighted by atomic mass is 9.87. The number of anilines is 2. The molecule has 2 N–H and O–H groups in total. The van der Waals surface area contributed by atoms with Gasteiger partial charge in [0.2, 0.25) is 11.8 Å². The molecule has 148 valence electrons.